The van der Waals surface area contributed by atoms with Crippen LogP contribution in [0.2, 0.25) is 0 Å². The van der Waals surface area contributed by atoms with Crippen LogP contribution in [-0.4, -0.2) is 13.2 Å². The Hall–Kier alpha value is -1.64. The molecule has 1 aliphatic rings. The van der Waals surface area contributed by atoms with Gasteiger partial charge in [-0.25, -0.2) is 0 Å². The van der Waals surface area contributed by atoms with Crippen LogP contribution in [0.3, 0.4) is 0 Å². The molecule has 0 aromatic heterocycles. The third-order valence-electron chi connectivity index (χ3n) is 4.25. The molecule has 0 fully saturated rings. The molecular weight excluding hydrogens is 258 g/mol. The average Bonchev–Trinajstić information content (AvgIpc) is 2.56. The van der Waals surface area contributed by atoms with Crippen LogP contribution >= 0.6 is 0 Å². The van der Waals surface area contributed by atoms with Crippen molar-refractivity contribution in [1.29, 1.82) is 0 Å². The second-order valence-electron chi connectivity index (χ2n) is 5.59. The van der Waals surface area contributed by atoms with Gasteiger partial charge in [0.15, 0.2) is 0 Å². The summed E-state index contributed by atoms with van der Waals surface area (Å²) in [6.07, 6.45) is 2.29. The first-order valence-corrected chi connectivity index (χ1v) is 7.86. The van der Waals surface area contributed by atoms with Gasteiger partial charge in [-0.15, -0.1) is 0 Å². The van der Waals surface area contributed by atoms with Gasteiger partial charge in [0.25, 0.3) is 0 Å². The minimum atomic E-state index is 0.174. The number of rotatable bonds is 5. The van der Waals surface area contributed by atoms with Crippen LogP contribution in [0.1, 0.15) is 42.2 Å². The third kappa shape index (κ3) is 3.34. The molecule has 2 heteroatoms. The number of fused-ring (bicyclic) bond motifs is 1. The largest absolute Gasteiger partial charge is 0.372 e. The third-order valence-corrected chi connectivity index (χ3v) is 4.25. The van der Waals surface area contributed by atoms with E-state index >= 15 is 0 Å². The van der Waals surface area contributed by atoms with Crippen molar-refractivity contribution < 1.29 is 4.74 Å². The number of ether oxygens (including phenoxy) is 1. The number of hydrogen-bond donors (Lipinski definition) is 1. The lowest BCUT2D eigenvalue weighted by Crippen LogP contribution is -2.30. The van der Waals surface area contributed by atoms with E-state index in [1.807, 2.05) is 0 Å². The van der Waals surface area contributed by atoms with E-state index in [0.29, 0.717) is 6.04 Å². The Morgan fingerprint density at radius 3 is 2.67 bits per heavy atom. The average molecular weight is 281 g/mol. The molecule has 0 bridgehead atoms. The molecule has 2 nitrogen and oxygen atoms in total. The molecule has 0 aliphatic carbocycles. The fourth-order valence-corrected chi connectivity index (χ4v) is 3.08. The van der Waals surface area contributed by atoms with Crippen molar-refractivity contribution in [2.75, 3.05) is 13.2 Å². The minimum Gasteiger partial charge on any atom is -0.372 e. The van der Waals surface area contributed by atoms with Gasteiger partial charge in [-0.1, -0.05) is 61.5 Å². The van der Waals surface area contributed by atoms with Crippen molar-refractivity contribution in [1.82, 2.24) is 5.32 Å². The first-order chi connectivity index (χ1) is 10.4. The molecule has 0 spiro atoms. The van der Waals surface area contributed by atoms with Crippen LogP contribution in [-0.2, 0) is 11.2 Å². The zero-order valence-corrected chi connectivity index (χ0v) is 12.6. The highest BCUT2D eigenvalue weighted by molar-refractivity contribution is 5.31. The molecule has 0 saturated heterocycles. The molecule has 1 N–H and O–H groups in total. The minimum absolute atomic E-state index is 0.174. The highest BCUT2D eigenvalue weighted by Crippen LogP contribution is 2.27. The first kappa shape index (κ1) is 14.3. The topological polar surface area (TPSA) is 21.3 Å². The first-order valence-electron chi connectivity index (χ1n) is 7.86. The molecule has 3 rings (SSSR count). The maximum Gasteiger partial charge on any atom is 0.0952 e. The summed E-state index contributed by atoms with van der Waals surface area (Å²) >= 11 is 0. The van der Waals surface area contributed by atoms with E-state index < -0.39 is 0 Å². The Morgan fingerprint density at radius 2 is 1.86 bits per heavy atom. The van der Waals surface area contributed by atoms with E-state index in [4.69, 9.17) is 4.74 Å². The highest BCUT2D eigenvalue weighted by atomic mass is 16.5. The van der Waals surface area contributed by atoms with Crippen LogP contribution < -0.4 is 5.32 Å². The molecule has 2 aromatic rings. The van der Waals surface area contributed by atoms with Gasteiger partial charge in [0, 0.05) is 12.6 Å². The fraction of sp³-hybridized carbons (Fsp3) is 0.368. The zero-order chi connectivity index (χ0) is 14.5. The second-order valence-corrected chi connectivity index (χ2v) is 5.59. The van der Waals surface area contributed by atoms with Gasteiger partial charge in [0.1, 0.15) is 0 Å². The van der Waals surface area contributed by atoms with Gasteiger partial charge in [-0.3, -0.25) is 0 Å². The van der Waals surface area contributed by atoms with Crippen molar-refractivity contribution in [3.8, 4) is 0 Å². The number of nitrogens with one attached hydrogen (secondary N) is 1. The predicted octanol–water partition coefficient (Wildman–Crippen LogP) is 4.04. The van der Waals surface area contributed by atoms with Gasteiger partial charge in [-0.05, 0) is 29.5 Å². The molecule has 0 saturated carbocycles. The van der Waals surface area contributed by atoms with Crippen LogP contribution in [0.4, 0.5) is 0 Å². The van der Waals surface area contributed by atoms with E-state index in [1.165, 1.54) is 16.7 Å². The van der Waals surface area contributed by atoms with E-state index in [0.717, 1.165) is 26.0 Å². The van der Waals surface area contributed by atoms with Gasteiger partial charge in [-0.2, -0.15) is 0 Å². The van der Waals surface area contributed by atoms with E-state index in [9.17, 15) is 0 Å². The van der Waals surface area contributed by atoms with Crippen molar-refractivity contribution in [3.05, 3.63) is 71.3 Å². The number of hydrogen-bond acceptors (Lipinski definition) is 2. The van der Waals surface area contributed by atoms with Gasteiger partial charge < -0.3 is 10.1 Å². The number of benzene rings is 2. The van der Waals surface area contributed by atoms with Gasteiger partial charge in [0.2, 0.25) is 0 Å². The molecule has 2 aromatic carbocycles. The molecule has 110 valence electrons. The second kappa shape index (κ2) is 6.88. The Labute approximate surface area is 127 Å². The van der Waals surface area contributed by atoms with Crippen molar-refractivity contribution >= 4 is 0 Å². The summed E-state index contributed by atoms with van der Waals surface area (Å²) in [5, 5.41) is 3.67. The van der Waals surface area contributed by atoms with Crippen molar-refractivity contribution in [2.24, 2.45) is 0 Å². The Bertz CT molecular complexity index is 567. The van der Waals surface area contributed by atoms with Crippen LogP contribution in [0, 0.1) is 0 Å². The van der Waals surface area contributed by atoms with E-state index in [1.54, 1.807) is 0 Å². The lowest BCUT2D eigenvalue weighted by Gasteiger charge is -2.28. The smallest absolute Gasteiger partial charge is 0.0952 e. The molecule has 1 aliphatic heterocycles. The Morgan fingerprint density at radius 1 is 1.10 bits per heavy atom. The summed E-state index contributed by atoms with van der Waals surface area (Å²) in [5.74, 6) is 0. The molecule has 2 atom stereocenters. The standard InChI is InChI=1S/C19H23NO/c1-2-18(16-9-4-3-5-10-16)20-14-19-17-11-7-6-8-15(17)12-13-21-19/h3-11,18-20H,2,12-14H2,1H3. The molecule has 0 amide bonds. The summed E-state index contributed by atoms with van der Waals surface area (Å²) in [4.78, 5) is 0. The van der Waals surface area contributed by atoms with Gasteiger partial charge in [0.05, 0.1) is 12.7 Å². The molecule has 2 unspecified atom stereocenters. The maximum absolute atomic E-state index is 5.97. The van der Waals surface area contributed by atoms with E-state index in [-0.39, 0.29) is 6.10 Å². The summed E-state index contributed by atoms with van der Waals surface area (Å²) in [6.45, 7) is 3.91. The molecule has 1 heterocycles. The summed E-state index contributed by atoms with van der Waals surface area (Å²) in [7, 11) is 0. The molecular formula is C19H23NO. The van der Waals surface area contributed by atoms with Gasteiger partial charge >= 0.3 is 0 Å². The monoisotopic (exact) mass is 281 g/mol. The quantitative estimate of drug-likeness (QED) is 0.893. The molecule has 21 heavy (non-hydrogen) atoms. The summed E-state index contributed by atoms with van der Waals surface area (Å²) < 4.78 is 5.97. The summed E-state index contributed by atoms with van der Waals surface area (Å²) in [6, 6.07) is 19.7. The van der Waals surface area contributed by atoms with Crippen LogP contribution in [0.25, 0.3) is 0 Å². The normalized spacial score (nSPS) is 19.0. The van der Waals surface area contributed by atoms with E-state index in [2.05, 4.69) is 66.8 Å². The maximum atomic E-state index is 5.97. The predicted molar refractivity (Wildman–Crippen MR) is 86.3 cm³/mol. The highest BCUT2D eigenvalue weighted by Gasteiger charge is 2.21. The molecule has 0 radical (unpaired) electrons. The van der Waals surface area contributed by atoms with Crippen LogP contribution in [0.15, 0.2) is 54.6 Å². The van der Waals surface area contributed by atoms with Crippen LogP contribution in [0.5, 0.6) is 0 Å². The van der Waals surface area contributed by atoms with Crippen molar-refractivity contribution in [2.45, 2.75) is 31.9 Å². The fourth-order valence-electron chi connectivity index (χ4n) is 3.08. The Balaban J connectivity index is 1.68. The Kier molecular flexibility index (Phi) is 4.69. The van der Waals surface area contributed by atoms with Crippen molar-refractivity contribution in [3.63, 3.8) is 0 Å². The lowest BCUT2D eigenvalue weighted by atomic mass is 9.97. The zero-order valence-electron chi connectivity index (χ0n) is 12.6. The SMILES string of the molecule is CCC(NCC1OCCc2ccccc21)c1ccccc1. The lowest BCUT2D eigenvalue weighted by molar-refractivity contribution is 0.0405. The summed E-state index contributed by atoms with van der Waals surface area (Å²) in [5.41, 5.74) is 4.13.